The zero-order valence-corrected chi connectivity index (χ0v) is 16.8. The Kier molecular flexibility index (Phi) is 8.63. The van der Waals surface area contributed by atoms with E-state index in [-0.39, 0.29) is 11.1 Å². The molecule has 8 heteroatoms. The van der Waals surface area contributed by atoms with Gasteiger partial charge < -0.3 is 15.2 Å². The van der Waals surface area contributed by atoms with Crippen molar-refractivity contribution in [3.05, 3.63) is 77.1 Å². The minimum Gasteiger partial charge on any atom is -0.478 e. The molecule has 0 aliphatic rings. The van der Waals surface area contributed by atoms with E-state index in [4.69, 9.17) is 9.84 Å². The Morgan fingerprint density at radius 1 is 1.03 bits per heavy atom. The summed E-state index contributed by atoms with van der Waals surface area (Å²) in [5.41, 5.74) is 0.639. The van der Waals surface area contributed by atoms with Gasteiger partial charge in [0.2, 0.25) is 11.9 Å². The molecule has 0 radical (unpaired) electrons. The third-order valence-corrected chi connectivity index (χ3v) is 4.22. The van der Waals surface area contributed by atoms with Gasteiger partial charge in [-0.05, 0) is 54.5 Å². The van der Waals surface area contributed by atoms with Gasteiger partial charge in [-0.3, -0.25) is 9.59 Å². The maximum Gasteiger partial charge on any atom is 0.339 e. The number of ether oxygens (including phenoxy) is 1. The molecule has 1 atom stereocenters. The Labute approximate surface area is 178 Å². The number of unbranched alkanes of at least 4 members (excludes halogenated alkanes) is 1. The summed E-state index contributed by atoms with van der Waals surface area (Å²) in [6.07, 6.45) is 2.06. The number of hydrogen-bond acceptors (Lipinski definition) is 5. The number of carbonyl (C=O) groups excluding carboxylic acids is 3. The summed E-state index contributed by atoms with van der Waals surface area (Å²) in [5, 5.41) is 11.2. The van der Waals surface area contributed by atoms with Gasteiger partial charge in [0, 0.05) is 18.2 Å². The van der Waals surface area contributed by atoms with E-state index in [1.165, 1.54) is 42.5 Å². The first-order valence-corrected chi connectivity index (χ1v) is 9.61. The van der Waals surface area contributed by atoms with Crippen LogP contribution in [0.5, 0.6) is 0 Å². The van der Waals surface area contributed by atoms with Crippen LogP contribution in [0, 0.1) is 5.82 Å². The summed E-state index contributed by atoms with van der Waals surface area (Å²) in [6.45, 7) is 2.24. The van der Waals surface area contributed by atoms with E-state index in [0.717, 1.165) is 24.6 Å². The summed E-state index contributed by atoms with van der Waals surface area (Å²) >= 11 is 0. The largest absolute Gasteiger partial charge is 0.478 e. The van der Waals surface area contributed by atoms with Crippen molar-refractivity contribution in [3.8, 4) is 0 Å². The van der Waals surface area contributed by atoms with Crippen LogP contribution in [0.1, 0.15) is 46.0 Å². The normalized spacial score (nSPS) is 11.7. The number of benzene rings is 2. The topological polar surface area (TPSA) is 110 Å². The molecule has 0 bridgehead atoms. The second-order valence-electron chi connectivity index (χ2n) is 6.59. The van der Waals surface area contributed by atoms with Crippen molar-refractivity contribution in [2.45, 2.75) is 25.9 Å². The second-order valence-corrected chi connectivity index (χ2v) is 6.59. The van der Waals surface area contributed by atoms with Gasteiger partial charge in [0.05, 0.1) is 5.56 Å². The number of ketones is 1. The van der Waals surface area contributed by atoms with Gasteiger partial charge in [0.25, 0.3) is 5.91 Å². The standard InChI is InChI=1S/C23H22FNO6/c1-2-3-14-25-22(29)21(20(28)16-9-11-18(24)12-10-16)31-23(30)17-7-4-15(5-8-17)6-13-19(26)27/h4-13,21H,2-3,14H2,1H3,(H,25,29)(H,26,27)/b13-6+. The lowest BCUT2D eigenvalue weighted by Crippen LogP contribution is -2.43. The van der Waals surface area contributed by atoms with Crippen LogP contribution >= 0.6 is 0 Å². The van der Waals surface area contributed by atoms with E-state index in [9.17, 15) is 23.6 Å². The molecule has 0 fully saturated rings. The quantitative estimate of drug-likeness (QED) is 0.198. The van der Waals surface area contributed by atoms with Crippen LogP contribution in [0.3, 0.4) is 0 Å². The predicted molar refractivity (Wildman–Crippen MR) is 111 cm³/mol. The van der Waals surface area contributed by atoms with E-state index in [0.29, 0.717) is 18.5 Å². The van der Waals surface area contributed by atoms with Crippen LogP contribution in [0.2, 0.25) is 0 Å². The number of rotatable bonds is 10. The van der Waals surface area contributed by atoms with Crippen molar-refractivity contribution in [1.29, 1.82) is 0 Å². The zero-order chi connectivity index (χ0) is 22.8. The number of nitrogens with one attached hydrogen (secondary N) is 1. The molecule has 0 aliphatic carbocycles. The molecule has 1 unspecified atom stereocenters. The van der Waals surface area contributed by atoms with Crippen molar-refractivity contribution >= 4 is 29.7 Å². The third-order valence-electron chi connectivity index (χ3n) is 4.22. The van der Waals surface area contributed by atoms with Crippen LogP contribution in [-0.4, -0.2) is 41.4 Å². The molecular formula is C23H22FNO6. The lowest BCUT2D eigenvalue weighted by Gasteiger charge is -2.17. The molecule has 2 aromatic rings. The molecule has 0 saturated heterocycles. The molecule has 2 N–H and O–H groups in total. The molecule has 0 saturated carbocycles. The SMILES string of the molecule is CCCCNC(=O)C(OC(=O)c1ccc(/C=C/C(=O)O)cc1)C(=O)c1ccc(F)cc1. The van der Waals surface area contributed by atoms with Crippen molar-refractivity contribution in [3.63, 3.8) is 0 Å². The van der Waals surface area contributed by atoms with E-state index < -0.39 is 35.6 Å². The Balaban J connectivity index is 2.19. The minimum atomic E-state index is -1.73. The summed E-state index contributed by atoms with van der Waals surface area (Å²) in [6, 6.07) is 10.3. The molecule has 0 spiro atoms. The van der Waals surface area contributed by atoms with E-state index >= 15 is 0 Å². The minimum absolute atomic E-state index is 0.0268. The Morgan fingerprint density at radius 3 is 2.23 bits per heavy atom. The number of aliphatic carboxylic acids is 1. The first-order chi connectivity index (χ1) is 14.8. The van der Waals surface area contributed by atoms with E-state index in [1.807, 2.05) is 6.92 Å². The molecule has 2 rings (SSSR count). The first-order valence-electron chi connectivity index (χ1n) is 9.61. The molecule has 0 aromatic heterocycles. The maximum absolute atomic E-state index is 13.2. The average Bonchev–Trinajstić information content (AvgIpc) is 2.76. The summed E-state index contributed by atoms with van der Waals surface area (Å²) in [7, 11) is 0. The first kappa shape index (κ1) is 23.5. The fraction of sp³-hybridized carbons (Fsp3) is 0.217. The number of halogens is 1. The lowest BCUT2D eigenvalue weighted by molar-refractivity contribution is -0.131. The van der Waals surface area contributed by atoms with Crippen LogP contribution in [0.15, 0.2) is 54.6 Å². The van der Waals surface area contributed by atoms with Crippen molar-refractivity contribution in [1.82, 2.24) is 5.32 Å². The monoisotopic (exact) mass is 427 g/mol. The number of carboxylic acid groups (broad SMARTS) is 1. The molecule has 0 aliphatic heterocycles. The molecule has 31 heavy (non-hydrogen) atoms. The van der Waals surface area contributed by atoms with Crippen LogP contribution in [0.25, 0.3) is 6.08 Å². The number of Topliss-reactive ketones (excluding diaryl/α,β-unsaturated/α-hetero) is 1. The number of hydrogen-bond donors (Lipinski definition) is 2. The molecule has 162 valence electrons. The highest BCUT2D eigenvalue weighted by Gasteiger charge is 2.31. The summed E-state index contributed by atoms with van der Waals surface area (Å²) < 4.78 is 18.4. The number of carboxylic acids is 1. The fourth-order valence-corrected chi connectivity index (χ4v) is 2.55. The molecule has 7 nitrogen and oxygen atoms in total. The molecule has 1 amide bonds. The maximum atomic E-state index is 13.2. The predicted octanol–water partition coefficient (Wildman–Crippen LogP) is 3.25. The highest BCUT2D eigenvalue weighted by Crippen LogP contribution is 2.13. The highest BCUT2D eigenvalue weighted by molar-refractivity contribution is 6.14. The van der Waals surface area contributed by atoms with Gasteiger partial charge in [-0.1, -0.05) is 25.5 Å². The highest BCUT2D eigenvalue weighted by atomic mass is 19.1. The zero-order valence-electron chi connectivity index (χ0n) is 16.8. The van der Waals surface area contributed by atoms with Crippen LogP contribution in [-0.2, 0) is 14.3 Å². The number of amides is 1. The van der Waals surface area contributed by atoms with Crippen molar-refractivity contribution in [2.24, 2.45) is 0 Å². The third kappa shape index (κ3) is 7.18. The lowest BCUT2D eigenvalue weighted by atomic mass is 10.0. The smallest absolute Gasteiger partial charge is 0.339 e. The fourth-order valence-electron chi connectivity index (χ4n) is 2.55. The van der Waals surface area contributed by atoms with Gasteiger partial charge in [-0.2, -0.15) is 0 Å². The Hall–Kier alpha value is -3.81. The van der Waals surface area contributed by atoms with Gasteiger partial charge in [0.15, 0.2) is 0 Å². The van der Waals surface area contributed by atoms with Crippen molar-refractivity contribution < 1.29 is 33.4 Å². The number of esters is 1. The van der Waals surface area contributed by atoms with Crippen molar-refractivity contribution in [2.75, 3.05) is 6.54 Å². The van der Waals surface area contributed by atoms with Gasteiger partial charge in [-0.15, -0.1) is 0 Å². The Bertz CT molecular complexity index is 967. The number of carbonyl (C=O) groups is 4. The van der Waals surface area contributed by atoms with Crippen LogP contribution in [0.4, 0.5) is 4.39 Å². The second kappa shape index (κ2) is 11.4. The van der Waals surface area contributed by atoms with Gasteiger partial charge >= 0.3 is 11.9 Å². The van der Waals surface area contributed by atoms with Crippen LogP contribution < -0.4 is 5.32 Å². The molecule has 2 aromatic carbocycles. The molecule has 0 heterocycles. The summed E-state index contributed by atoms with van der Waals surface area (Å²) in [4.78, 5) is 48.4. The Morgan fingerprint density at radius 2 is 1.65 bits per heavy atom. The summed E-state index contributed by atoms with van der Waals surface area (Å²) in [5.74, 6) is -4.10. The van der Waals surface area contributed by atoms with E-state index in [2.05, 4.69) is 5.32 Å². The molecular weight excluding hydrogens is 405 g/mol. The van der Waals surface area contributed by atoms with E-state index in [1.54, 1.807) is 0 Å². The van der Waals surface area contributed by atoms with Gasteiger partial charge in [0.1, 0.15) is 5.82 Å². The average molecular weight is 427 g/mol. The van der Waals surface area contributed by atoms with Gasteiger partial charge in [-0.25, -0.2) is 14.0 Å².